The van der Waals surface area contributed by atoms with Crippen LogP contribution in [0.2, 0.25) is 0 Å². The van der Waals surface area contributed by atoms with Crippen molar-refractivity contribution < 1.29 is 18.3 Å². The van der Waals surface area contributed by atoms with Crippen molar-refractivity contribution in [2.75, 3.05) is 32.7 Å². The fourth-order valence-corrected chi connectivity index (χ4v) is 5.06. The summed E-state index contributed by atoms with van der Waals surface area (Å²) in [6, 6.07) is 10.1. The predicted molar refractivity (Wildman–Crippen MR) is 132 cm³/mol. The fourth-order valence-electron chi connectivity index (χ4n) is 4.11. The standard InChI is InChI=1S/C25H22F2N4O2S/c1-28-25-22(21-18(27)11-16(26)12-20(21)33-8-7-32-3)24-17(6-9-34-24)23(30-25)14-4-5-19-15(10-14)13-29-31(19)2/h4-6,9-13H,7-8H2,1-3H3,(H,28,30). The summed E-state index contributed by atoms with van der Waals surface area (Å²) in [4.78, 5) is 4.88. The number of halogens is 2. The Morgan fingerprint density at radius 1 is 1.09 bits per heavy atom. The average Bonchev–Trinajstić information content (AvgIpc) is 3.45. The van der Waals surface area contributed by atoms with Crippen LogP contribution in [-0.4, -0.2) is 42.1 Å². The van der Waals surface area contributed by atoms with Gasteiger partial charge in [-0.05, 0) is 23.6 Å². The van der Waals surface area contributed by atoms with Crippen molar-refractivity contribution >= 4 is 38.1 Å². The fraction of sp³-hybridized carbons (Fsp3) is 0.200. The molecule has 0 aliphatic rings. The molecule has 6 nitrogen and oxygen atoms in total. The van der Waals surface area contributed by atoms with Crippen LogP contribution in [0.1, 0.15) is 0 Å². The molecule has 0 unspecified atom stereocenters. The lowest BCUT2D eigenvalue weighted by molar-refractivity contribution is 0.146. The number of aromatic nitrogens is 3. The molecule has 5 aromatic rings. The number of methoxy groups -OCH3 is 1. The highest BCUT2D eigenvalue weighted by atomic mass is 32.1. The van der Waals surface area contributed by atoms with Gasteiger partial charge in [-0.25, -0.2) is 13.8 Å². The van der Waals surface area contributed by atoms with Crippen LogP contribution in [-0.2, 0) is 11.8 Å². The van der Waals surface area contributed by atoms with Gasteiger partial charge in [0.05, 0.1) is 29.6 Å². The van der Waals surface area contributed by atoms with E-state index in [0.717, 1.165) is 38.3 Å². The van der Waals surface area contributed by atoms with Crippen LogP contribution < -0.4 is 10.1 Å². The van der Waals surface area contributed by atoms with Crippen LogP contribution in [0, 0.1) is 11.6 Å². The molecule has 0 amide bonds. The van der Waals surface area contributed by atoms with Gasteiger partial charge in [0, 0.05) is 59.9 Å². The number of rotatable bonds is 7. The van der Waals surface area contributed by atoms with Crippen LogP contribution >= 0.6 is 11.3 Å². The van der Waals surface area contributed by atoms with Crippen LogP contribution in [0.25, 0.3) is 43.4 Å². The van der Waals surface area contributed by atoms with E-state index in [1.807, 2.05) is 47.6 Å². The van der Waals surface area contributed by atoms with E-state index in [-0.39, 0.29) is 17.9 Å². The van der Waals surface area contributed by atoms with Crippen LogP contribution in [0.4, 0.5) is 14.6 Å². The number of hydrogen-bond donors (Lipinski definition) is 1. The molecule has 0 atom stereocenters. The first kappa shape index (κ1) is 22.2. The quantitative estimate of drug-likeness (QED) is 0.296. The maximum atomic E-state index is 15.2. The van der Waals surface area contributed by atoms with Gasteiger partial charge in [-0.1, -0.05) is 6.07 Å². The Hall–Kier alpha value is -3.56. The largest absolute Gasteiger partial charge is 0.490 e. The first-order valence-corrected chi connectivity index (χ1v) is 11.5. The highest BCUT2D eigenvalue weighted by molar-refractivity contribution is 7.18. The molecule has 0 saturated carbocycles. The van der Waals surface area contributed by atoms with E-state index >= 15 is 4.39 Å². The highest BCUT2D eigenvalue weighted by Crippen LogP contribution is 2.46. The van der Waals surface area contributed by atoms with Gasteiger partial charge < -0.3 is 14.8 Å². The summed E-state index contributed by atoms with van der Waals surface area (Å²) in [7, 11) is 5.16. The van der Waals surface area contributed by atoms with Crippen molar-refractivity contribution in [2.24, 2.45) is 7.05 Å². The molecule has 0 aliphatic carbocycles. The van der Waals surface area contributed by atoms with E-state index in [4.69, 9.17) is 14.5 Å². The summed E-state index contributed by atoms with van der Waals surface area (Å²) in [5, 5.41) is 11.2. The predicted octanol–water partition coefficient (Wildman–Crippen LogP) is 5.86. The average molecular weight is 481 g/mol. The van der Waals surface area contributed by atoms with E-state index in [0.29, 0.717) is 18.0 Å². The Balaban J connectivity index is 1.74. The number of ether oxygens (including phenoxy) is 2. The Morgan fingerprint density at radius 2 is 1.94 bits per heavy atom. The molecule has 0 saturated heterocycles. The number of thiophene rings is 1. The molecule has 0 bridgehead atoms. The number of nitrogens with zero attached hydrogens (tertiary/aromatic N) is 3. The molecule has 2 aromatic carbocycles. The zero-order valence-corrected chi connectivity index (χ0v) is 19.7. The number of pyridine rings is 1. The maximum absolute atomic E-state index is 15.2. The van der Waals surface area contributed by atoms with Crippen molar-refractivity contribution in [1.82, 2.24) is 14.8 Å². The van der Waals surface area contributed by atoms with Crippen molar-refractivity contribution in [3.8, 4) is 28.1 Å². The SMILES string of the molecule is CNc1nc(-c2ccc3c(cnn3C)c2)c2ccsc2c1-c1c(F)cc(F)cc1OCCOC. The molecular formula is C25H22F2N4O2S. The molecule has 1 N–H and O–H groups in total. The summed E-state index contributed by atoms with van der Waals surface area (Å²) < 4.78 is 42.7. The molecule has 5 rings (SSSR count). The van der Waals surface area contributed by atoms with Crippen LogP contribution in [0.5, 0.6) is 5.75 Å². The zero-order valence-electron chi connectivity index (χ0n) is 18.9. The molecule has 9 heteroatoms. The minimum absolute atomic E-state index is 0.104. The number of aryl methyl sites for hydroxylation is 1. The molecule has 34 heavy (non-hydrogen) atoms. The van der Waals surface area contributed by atoms with Gasteiger partial charge in [-0.2, -0.15) is 5.10 Å². The van der Waals surface area contributed by atoms with Gasteiger partial charge in [0.1, 0.15) is 29.8 Å². The highest BCUT2D eigenvalue weighted by Gasteiger charge is 2.24. The normalized spacial score (nSPS) is 11.4. The summed E-state index contributed by atoms with van der Waals surface area (Å²) in [5.41, 5.74) is 3.39. The van der Waals surface area contributed by atoms with Crippen molar-refractivity contribution in [3.05, 3.63) is 59.6 Å². The molecule has 3 heterocycles. The lowest BCUT2D eigenvalue weighted by atomic mass is 9.99. The zero-order chi connectivity index (χ0) is 23.8. The molecule has 0 spiro atoms. The maximum Gasteiger partial charge on any atom is 0.137 e. The summed E-state index contributed by atoms with van der Waals surface area (Å²) >= 11 is 1.47. The van der Waals surface area contributed by atoms with Gasteiger partial charge in [0.2, 0.25) is 0 Å². The van der Waals surface area contributed by atoms with E-state index < -0.39 is 11.6 Å². The number of fused-ring (bicyclic) bond motifs is 2. The van der Waals surface area contributed by atoms with Crippen molar-refractivity contribution in [1.29, 1.82) is 0 Å². The summed E-state index contributed by atoms with van der Waals surface area (Å²) in [6.45, 7) is 0.449. The van der Waals surface area contributed by atoms with E-state index in [1.165, 1.54) is 24.5 Å². The van der Waals surface area contributed by atoms with Gasteiger partial charge in [0.25, 0.3) is 0 Å². The van der Waals surface area contributed by atoms with E-state index in [1.54, 1.807) is 7.05 Å². The Kier molecular flexibility index (Phi) is 5.89. The minimum atomic E-state index is -0.718. The molecule has 0 radical (unpaired) electrons. The molecule has 0 aliphatic heterocycles. The van der Waals surface area contributed by atoms with Crippen LogP contribution in [0.3, 0.4) is 0 Å². The topological polar surface area (TPSA) is 61.2 Å². The van der Waals surface area contributed by atoms with Gasteiger partial charge in [-0.15, -0.1) is 11.3 Å². The first-order valence-electron chi connectivity index (χ1n) is 10.6. The molecule has 174 valence electrons. The number of nitrogens with one attached hydrogen (secondary N) is 1. The van der Waals surface area contributed by atoms with Gasteiger partial charge >= 0.3 is 0 Å². The lowest BCUT2D eigenvalue weighted by Gasteiger charge is -2.17. The third kappa shape index (κ3) is 3.76. The molecular weight excluding hydrogens is 458 g/mol. The number of hydrogen-bond acceptors (Lipinski definition) is 6. The second kappa shape index (κ2) is 9.00. The Labute approximate surface area is 198 Å². The third-order valence-corrected chi connectivity index (χ3v) is 6.61. The Morgan fingerprint density at radius 3 is 2.74 bits per heavy atom. The minimum Gasteiger partial charge on any atom is -0.490 e. The third-order valence-electron chi connectivity index (χ3n) is 5.68. The Bertz CT molecular complexity index is 1510. The summed E-state index contributed by atoms with van der Waals surface area (Å²) in [5.74, 6) is -0.855. The lowest BCUT2D eigenvalue weighted by Crippen LogP contribution is -2.07. The number of benzene rings is 2. The smallest absolute Gasteiger partial charge is 0.137 e. The molecule has 0 fully saturated rings. The van der Waals surface area contributed by atoms with Crippen molar-refractivity contribution in [3.63, 3.8) is 0 Å². The van der Waals surface area contributed by atoms with E-state index in [9.17, 15) is 4.39 Å². The second-order valence-corrected chi connectivity index (χ2v) is 8.66. The van der Waals surface area contributed by atoms with Crippen LogP contribution in [0.15, 0.2) is 48.0 Å². The number of anilines is 1. The van der Waals surface area contributed by atoms with E-state index in [2.05, 4.69) is 10.4 Å². The second-order valence-electron chi connectivity index (χ2n) is 7.74. The molecule has 3 aromatic heterocycles. The van der Waals surface area contributed by atoms with Crippen molar-refractivity contribution in [2.45, 2.75) is 0 Å². The first-order chi connectivity index (χ1) is 16.5. The van der Waals surface area contributed by atoms with Gasteiger partial charge in [0.15, 0.2) is 0 Å². The van der Waals surface area contributed by atoms with Gasteiger partial charge in [-0.3, -0.25) is 4.68 Å². The summed E-state index contributed by atoms with van der Waals surface area (Å²) in [6.07, 6.45) is 1.81. The monoisotopic (exact) mass is 480 g/mol.